The monoisotopic (exact) mass is 318 g/mol. The first-order valence-electron chi connectivity index (χ1n) is 7.84. The van der Waals surface area contributed by atoms with Crippen LogP contribution >= 0.6 is 0 Å². The van der Waals surface area contributed by atoms with E-state index in [4.69, 9.17) is 0 Å². The first-order valence-corrected chi connectivity index (χ1v) is 7.84. The van der Waals surface area contributed by atoms with Crippen LogP contribution in [0.3, 0.4) is 0 Å². The van der Waals surface area contributed by atoms with Crippen LogP contribution in [0, 0.1) is 0 Å². The van der Waals surface area contributed by atoms with Gasteiger partial charge in [0.1, 0.15) is 6.04 Å². The van der Waals surface area contributed by atoms with Gasteiger partial charge in [0.25, 0.3) is 0 Å². The highest BCUT2D eigenvalue weighted by atomic mass is 16.5. The van der Waals surface area contributed by atoms with Crippen LogP contribution in [-0.4, -0.2) is 37.5 Å². The Balaban J connectivity index is 1.78. The molecule has 0 bridgehead atoms. The molecule has 1 atom stereocenters. The van der Waals surface area contributed by atoms with E-state index in [1.807, 2.05) is 12.1 Å². The molecular weight excluding hydrogens is 296 g/mol. The minimum Gasteiger partial charge on any atom is -0.465 e. The summed E-state index contributed by atoms with van der Waals surface area (Å²) in [6.45, 7) is 0.489. The second-order valence-electron chi connectivity index (χ2n) is 5.60. The molecule has 0 aromatic heterocycles. The zero-order valence-electron chi connectivity index (χ0n) is 13.3. The van der Waals surface area contributed by atoms with E-state index in [1.54, 1.807) is 12.1 Å². The Labute approximate surface area is 135 Å². The van der Waals surface area contributed by atoms with Crippen LogP contribution in [0.2, 0.25) is 0 Å². The minimum atomic E-state index is -0.424. The van der Waals surface area contributed by atoms with Gasteiger partial charge in [-0.1, -0.05) is 18.6 Å². The lowest BCUT2D eigenvalue weighted by Crippen LogP contribution is -2.46. The van der Waals surface area contributed by atoms with E-state index in [-0.39, 0.29) is 17.8 Å². The van der Waals surface area contributed by atoms with Crippen molar-refractivity contribution in [1.29, 1.82) is 0 Å². The summed E-state index contributed by atoms with van der Waals surface area (Å²) < 4.78 is 4.64. The average molecular weight is 318 g/mol. The third kappa shape index (κ3) is 5.09. The first kappa shape index (κ1) is 17.0. The number of amides is 2. The molecule has 0 unspecified atom stereocenters. The molecule has 2 amide bonds. The molecule has 1 aliphatic rings. The Morgan fingerprint density at radius 1 is 1.26 bits per heavy atom. The molecule has 2 N–H and O–H groups in total. The fourth-order valence-electron chi connectivity index (χ4n) is 2.55. The molecule has 0 saturated carbocycles. The van der Waals surface area contributed by atoms with Gasteiger partial charge in [-0.25, -0.2) is 4.79 Å². The van der Waals surface area contributed by atoms with Crippen molar-refractivity contribution < 1.29 is 19.1 Å². The third-order valence-corrected chi connectivity index (χ3v) is 3.89. The van der Waals surface area contributed by atoms with Crippen LogP contribution in [0.25, 0.3) is 0 Å². The number of ether oxygens (including phenoxy) is 1. The number of carbonyl (C=O) groups excluding carboxylic acids is 3. The van der Waals surface area contributed by atoms with Crippen molar-refractivity contribution in [2.45, 2.75) is 38.1 Å². The highest BCUT2D eigenvalue weighted by Crippen LogP contribution is 2.10. The van der Waals surface area contributed by atoms with Gasteiger partial charge in [-0.05, 0) is 37.0 Å². The molecule has 1 saturated heterocycles. The van der Waals surface area contributed by atoms with Crippen molar-refractivity contribution in [3.8, 4) is 0 Å². The second-order valence-corrected chi connectivity index (χ2v) is 5.60. The van der Waals surface area contributed by atoms with E-state index < -0.39 is 6.04 Å². The van der Waals surface area contributed by atoms with Crippen LogP contribution in [0.5, 0.6) is 0 Å². The highest BCUT2D eigenvalue weighted by Gasteiger charge is 2.22. The van der Waals surface area contributed by atoms with Gasteiger partial charge in [-0.2, -0.15) is 0 Å². The summed E-state index contributed by atoms with van der Waals surface area (Å²) in [6, 6.07) is 6.66. The number of hydrogen-bond donors (Lipinski definition) is 2. The number of nitrogens with one attached hydrogen (secondary N) is 2. The van der Waals surface area contributed by atoms with Gasteiger partial charge in [0.2, 0.25) is 11.8 Å². The molecule has 6 nitrogen and oxygen atoms in total. The zero-order chi connectivity index (χ0) is 16.7. The molecule has 1 aromatic rings. The second kappa shape index (κ2) is 8.31. The van der Waals surface area contributed by atoms with Crippen molar-refractivity contribution >= 4 is 17.8 Å². The molecular formula is C17H22N2O4. The molecule has 1 fully saturated rings. The smallest absolute Gasteiger partial charge is 0.337 e. The third-order valence-electron chi connectivity index (χ3n) is 3.89. The van der Waals surface area contributed by atoms with Gasteiger partial charge in [-0.3, -0.25) is 9.59 Å². The quantitative estimate of drug-likeness (QED) is 0.799. The predicted molar refractivity (Wildman–Crippen MR) is 84.9 cm³/mol. The van der Waals surface area contributed by atoms with Crippen molar-refractivity contribution in [3.63, 3.8) is 0 Å². The van der Waals surface area contributed by atoms with Crippen LogP contribution < -0.4 is 10.6 Å². The summed E-state index contributed by atoms with van der Waals surface area (Å²) in [5, 5.41) is 5.60. The Morgan fingerprint density at radius 3 is 2.70 bits per heavy atom. The molecule has 2 rings (SSSR count). The van der Waals surface area contributed by atoms with Crippen LogP contribution in [-0.2, 0) is 20.7 Å². The topological polar surface area (TPSA) is 84.5 Å². The summed E-state index contributed by atoms with van der Waals surface area (Å²) in [5.74, 6) is -0.554. The van der Waals surface area contributed by atoms with Crippen molar-refractivity contribution in [1.82, 2.24) is 10.6 Å². The lowest BCUT2D eigenvalue weighted by Gasteiger charge is -2.15. The molecule has 6 heteroatoms. The first-order chi connectivity index (χ1) is 11.1. The van der Waals surface area contributed by atoms with E-state index in [2.05, 4.69) is 15.4 Å². The largest absolute Gasteiger partial charge is 0.465 e. The van der Waals surface area contributed by atoms with E-state index in [9.17, 15) is 14.4 Å². The average Bonchev–Trinajstić information content (AvgIpc) is 2.79. The minimum absolute atomic E-state index is 0.0546. The van der Waals surface area contributed by atoms with Crippen molar-refractivity contribution in [3.05, 3.63) is 35.4 Å². The lowest BCUT2D eigenvalue weighted by atomic mass is 10.1. The number of hydrogen-bond acceptors (Lipinski definition) is 4. The maximum Gasteiger partial charge on any atom is 0.337 e. The Kier molecular flexibility index (Phi) is 6.14. The van der Waals surface area contributed by atoms with Gasteiger partial charge in [0.15, 0.2) is 0 Å². The number of benzene rings is 1. The fourth-order valence-corrected chi connectivity index (χ4v) is 2.55. The van der Waals surface area contributed by atoms with Crippen molar-refractivity contribution in [2.75, 3.05) is 13.7 Å². The summed E-state index contributed by atoms with van der Waals surface area (Å²) in [4.78, 5) is 34.9. The van der Waals surface area contributed by atoms with Crippen molar-refractivity contribution in [2.24, 2.45) is 0 Å². The zero-order valence-corrected chi connectivity index (χ0v) is 13.3. The van der Waals surface area contributed by atoms with Crippen LogP contribution in [0.1, 0.15) is 41.6 Å². The normalized spacial score (nSPS) is 17.8. The number of carbonyl (C=O) groups is 3. The van der Waals surface area contributed by atoms with Gasteiger partial charge >= 0.3 is 5.97 Å². The maximum absolute atomic E-state index is 12.1. The summed E-state index contributed by atoms with van der Waals surface area (Å²) in [7, 11) is 1.35. The highest BCUT2D eigenvalue weighted by molar-refractivity contribution is 5.89. The number of esters is 1. The number of methoxy groups -OCH3 is 1. The Bertz CT molecular complexity index is 568. The van der Waals surface area contributed by atoms with E-state index in [1.165, 1.54) is 7.11 Å². The van der Waals surface area contributed by atoms with E-state index >= 15 is 0 Å². The molecule has 23 heavy (non-hydrogen) atoms. The van der Waals surface area contributed by atoms with Gasteiger partial charge in [0.05, 0.1) is 12.7 Å². The fraction of sp³-hybridized carbons (Fsp3) is 0.471. The molecule has 124 valence electrons. The molecule has 0 radical (unpaired) electrons. The molecule has 1 aliphatic heterocycles. The summed E-state index contributed by atoms with van der Waals surface area (Å²) in [6.07, 6.45) is 3.56. The Morgan fingerprint density at radius 2 is 2.00 bits per heavy atom. The standard InChI is InChI=1S/C17H22N2O4/c1-23-17(22)13-8-6-12(7-9-13)10-11-18-16(21)14-4-2-3-5-15(20)19-14/h6-9,14H,2-5,10-11H2,1H3,(H,18,21)(H,19,20)/t14-/m0/s1. The molecule has 1 heterocycles. The van der Waals surface area contributed by atoms with Gasteiger partial charge in [-0.15, -0.1) is 0 Å². The molecule has 1 aromatic carbocycles. The maximum atomic E-state index is 12.1. The molecule has 0 spiro atoms. The molecule has 0 aliphatic carbocycles. The van der Waals surface area contributed by atoms with Crippen LogP contribution in [0.15, 0.2) is 24.3 Å². The van der Waals surface area contributed by atoms with E-state index in [0.29, 0.717) is 31.4 Å². The van der Waals surface area contributed by atoms with Gasteiger partial charge < -0.3 is 15.4 Å². The van der Waals surface area contributed by atoms with E-state index in [0.717, 1.165) is 18.4 Å². The SMILES string of the molecule is COC(=O)c1ccc(CCNC(=O)[C@@H]2CCCCC(=O)N2)cc1. The summed E-state index contributed by atoms with van der Waals surface area (Å²) >= 11 is 0. The predicted octanol–water partition coefficient (Wildman–Crippen LogP) is 1.19. The van der Waals surface area contributed by atoms with Gasteiger partial charge in [0, 0.05) is 13.0 Å². The van der Waals surface area contributed by atoms with Crippen LogP contribution in [0.4, 0.5) is 0 Å². The number of rotatable bonds is 5. The summed E-state index contributed by atoms with van der Waals surface area (Å²) in [5.41, 5.74) is 1.52. The Hall–Kier alpha value is -2.37. The lowest BCUT2D eigenvalue weighted by molar-refractivity contribution is -0.128.